The molecule has 2 aliphatic rings. The smallest absolute Gasteiger partial charge is 0.236 e. The normalized spacial score (nSPS) is 24.5. The lowest BCUT2D eigenvalue weighted by molar-refractivity contribution is -0.135. The monoisotopic (exact) mass is 434 g/mol. The highest BCUT2D eigenvalue weighted by Gasteiger charge is 2.28. The summed E-state index contributed by atoms with van der Waals surface area (Å²) in [6.45, 7) is 12.3. The summed E-state index contributed by atoms with van der Waals surface area (Å²) in [6.07, 6.45) is 1.21. The number of hydrogen-bond acceptors (Lipinski definition) is 4. The van der Waals surface area contributed by atoms with Gasteiger partial charge < -0.3 is 10.2 Å². The van der Waals surface area contributed by atoms with Crippen molar-refractivity contribution in [2.45, 2.75) is 33.2 Å². The highest BCUT2D eigenvalue weighted by molar-refractivity contribution is 6.31. The Kier molecular flexibility index (Phi) is 8.14. The summed E-state index contributed by atoms with van der Waals surface area (Å²) in [7, 11) is 0. The number of piperazine rings is 1. The minimum Gasteiger partial charge on any atom is -0.348 e. The van der Waals surface area contributed by atoms with Crippen molar-refractivity contribution in [1.29, 1.82) is 0 Å². The first-order valence-electron chi connectivity index (χ1n) is 11.1. The van der Waals surface area contributed by atoms with E-state index < -0.39 is 0 Å². The summed E-state index contributed by atoms with van der Waals surface area (Å²) in [6, 6.07) is 7.46. The van der Waals surface area contributed by atoms with Gasteiger partial charge in [0.15, 0.2) is 0 Å². The number of piperidine rings is 1. The van der Waals surface area contributed by atoms with Crippen molar-refractivity contribution in [3.8, 4) is 0 Å². The molecule has 3 rings (SSSR count). The van der Waals surface area contributed by atoms with Gasteiger partial charge in [-0.1, -0.05) is 43.6 Å². The molecule has 2 heterocycles. The van der Waals surface area contributed by atoms with E-state index in [0.717, 1.165) is 44.8 Å². The zero-order chi connectivity index (χ0) is 21.7. The van der Waals surface area contributed by atoms with E-state index in [0.29, 0.717) is 29.9 Å². The molecule has 0 radical (unpaired) electrons. The SMILES string of the molecule is C[C@@H]1C[C@H](C)CN(C(=O)CN2CCN(CC(=O)N[C@@H](C)c3ccccc3Cl)CC2)C1. The van der Waals surface area contributed by atoms with Gasteiger partial charge in [-0.25, -0.2) is 0 Å². The standard InChI is InChI=1S/C23H35ClN4O2/c1-17-12-18(2)14-28(13-17)23(30)16-27-10-8-26(9-11-27)15-22(29)25-19(3)20-6-4-5-7-21(20)24/h4-7,17-19H,8-16H2,1-3H3,(H,25,29)/t17-,18+,19-/m0/s1. The summed E-state index contributed by atoms with van der Waals surface area (Å²) in [5.74, 6) is 1.42. The van der Waals surface area contributed by atoms with Crippen molar-refractivity contribution in [1.82, 2.24) is 20.0 Å². The lowest BCUT2D eigenvalue weighted by Crippen LogP contribution is -2.53. The zero-order valence-corrected chi connectivity index (χ0v) is 19.2. The molecule has 1 aromatic carbocycles. The largest absolute Gasteiger partial charge is 0.348 e. The number of nitrogens with zero attached hydrogens (tertiary/aromatic N) is 3. The third-order valence-corrected chi connectivity index (χ3v) is 6.51. The van der Waals surface area contributed by atoms with Crippen LogP contribution < -0.4 is 5.32 Å². The molecule has 0 aromatic heterocycles. The van der Waals surface area contributed by atoms with Crippen molar-refractivity contribution < 1.29 is 9.59 Å². The summed E-state index contributed by atoms with van der Waals surface area (Å²) in [5, 5.41) is 3.71. The Balaban J connectivity index is 1.39. The van der Waals surface area contributed by atoms with Crippen LogP contribution in [-0.2, 0) is 9.59 Å². The molecule has 2 aliphatic heterocycles. The molecule has 7 heteroatoms. The lowest BCUT2D eigenvalue weighted by Gasteiger charge is -2.38. The van der Waals surface area contributed by atoms with Gasteiger partial charge in [0.25, 0.3) is 0 Å². The average Bonchev–Trinajstić information content (AvgIpc) is 2.69. The van der Waals surface area contributed by atoms with E-state index in [1.54, 1.807) is 0 Å². The van der Waals surface area contributed by atoms with Crippen molar-refractivity contribution in [2.75, 3.05) is 52.4 Å². The number of rotatable bonds is 6. The molecule has 2 fully saturated rings. The van der Waals surface area contributed by atoms with Gasteiger partial charge in [-0.3, -0.25) is 19.4 Å². The van der Waals surface area contributed by atoms with E-state index in [-0.39, 0.29) is 17.9 Å². The Hall–Kier alpha value is -1.63. The number of benzene rings is 1. The second kappa shape index (κ2) is 10.6. The first-order valence-corrected chi connectivity index (χ1v) is 11.5. The summed E-state index contributed by atoms with van der Waals surface area (Å²) in [5.41, 5.74) is 0.928. The quantitative estimate of drug-likeness (QED) is 0.747. The molecule has 0 saturated carbocycles. The fraction of sp³-hybridized carbons (Fsp3) is 0.652. The van der Waals surface area contributed by atoms with Crippen molar-refractivity contribution >= 4 is 23.4 Å². The van der Waals surface area contributed by atoms with E-state index in [2.05, 4.69) is 29.0 Å². The number of carbonyl (C=O) groups is 2. The van der Waals surface area contributed by atoms with Crippen LogP contribution in [0.2, 0.25) is 5.02 Å². The van der Waals surface area contributed by atoms with Crippen LogP contribution in [0.5, 0.6) is 0 Å². The molecule has 1 N–H and O–H groups in total. The number of nitrogens with one attached hydrogen (secondary N) is 1. The van der Waals surface area contributed by atoms with E-state index in [9.17, 15) is 9.59 Å². The zero-order valence-electron chi connectivity index (χ0n) is 18.4. The van der Waals surface area contributed by atoms with Gasteiger partial charge in [0, 0.05) is 44.3 Å². The predicted molar refractivity (Wildman–Crippen MR) is 120 cm³/mol. The van der Waals surface area contributed by atoms with Gasteiger partial charge in [-0.05, 0) is 36.8 Å². The van der Waals surface area contributed by atoms with Gasteiger partial charge in [0.05, 0.1) is 19.1 Å². The minimum absolute atomic E-state index is 0.00300. The molecule has 166 valence electrons. The second-order valence-corrected chi connectivity index (χ2v) is 9.51. The molecule has 0 bridgehead atoms. The number of halogens is 1. The third kappa shape index (κ3) is 6.43. The van der Waals surface area contributed by atoms with Gasteiger partial charge in [-0.15, -0.1) is 0 Å². The van der Waals surface area contributed by atoms with Crippen LogP contribution in [0.25, 0.3) is 0 Å². The Morgan fingerprint density at radius 2 is 1.60 bits per heavy atom. The van der Waals surface area contributed by atoms with E-state index in [4.69, 9.17) is 11.6 Å². The average molecular weight is 435 g/mol. The van der Waals surface area contributed by atoms with Gasteiger partial charge in [-0.2, -0.15) is 0 Å². The summed E-state index contributed by atoms with van der Waals surface area (Å²) < 4.78 is 0. The first-order chi connectivity index (χ1) is 14.3. The third-order valence-electron chi connectivity index (χ3n) is 6.16. The molecule has 2 saturated heterocycles. The van der Waals surface area contributed by atoms with Crippen LogP contribution in [0.3, 0.4) is 0 Å². The summed E-state index contributed by atoms with van der Waals surface area (Å²) in [4.78, 5) is 31.6. The van der Waals surface area contributed by atoms with Crippen molar-refractivity contribution in [3.63, 3.8) is 0 Å². The first kappa shape index (κ1) is 23.0. The molecular formula is C23H35ClN4O2. The fourth-order valence-electron chi connectivity index (χ4n) is 4.66. The minimum atomic E-state index is -0.126. The Morgan fingerprint density at radius 1 is 1.03 bits per heavy atom. The van der Waals surface area contributed by atoms with E-state index in [1.807, 2.05) is 36.1 Å². The maximum Gasteiger partial charge on any atom is 0.236 e. The van der Waals surface area contributed by atoms with E-state index >= 15 is 0 Å². The van der Waals surface area contributed by atoms with Gasteiger partial charge >= 0.3 is 0 Å². The Morgan fingerprint density at radius 3 is 2.20 bits per heavy atom. The second-order valence-electron chi connectivity index (χ2n) is 9.11. The topological polar surface area (TPSA) is 55.9 Å². The highest BCUT2D eigenvalue weighted by atomic mass is 35.5. The van der Waals surface area contributed by atoms with Crippen LogP contribution in [0.4, 0.5) is 0 Å². The fourth-order valence-corrected chi connectivity index (χ4v) is 4.96. The molecule has 0 aliphatic carbocycles. The number of amides is 2. The molecule has 30 heavy (non-hydrogen) atoms. The van der Waals surface area contributed by atoms with Crippen molar-refractivity contribution in [3.05, 3.63) is 34.9 Å². The molecular weight excluding hydrogens is 400 g/mol. The molecule has 0 spiro atoms. The van der Waals surface area contributed by atoms with Crippen LogP contribution in [0, 0.1) is 11.8 Å². The van der Waals surface area contributed by atoms with Crippen molar-refractivity contribution in [2.24, 2.45) is 11.8 Å². The Labute approximate surface area is 185 Å². The number of hydrogen-bond donors (Lipinski definition) is 1. The lowest BCUT2D eigenvalue weighted by atomic mass is 9.92. The maximum absolute atomic E-state index is 12.7. The number of carbonyl (C=O) groups excluding carboxylic acids is 2. The molecule has 1 aromatic rings. The van der Waals surface area contributed by atoms with Gasteiger partial charge in [0.1, 0.15) is 0 Å². The van der Waals surface area contributed by atoms with E-state index in [1.165, 1.54) is 6.42 Å². The van der Waals surface area contributed by atoms with Crippen LogP contribution in [-0.4, -0.2) is 78.9 Å². The van der Waals surface area contributed by atoms with Crippen LogP contribution in [0.15, 0.2) is 24.3 Å². The highest BCUT2D eigenvalue weighted by Crippen LogP contribution is 2.22. The van der Waals surface area contributed by atoms with Crippen LogP contribution in [0.1, 0.15) is 38.8 Å². The predicted octanol–water partition coefficient (Wildman–Crippen LogP) is 2.64. The molecule has 2 amide bonds. The molecule has 3 atom stereocenters. The maximum atomic E-state index is 12.7. The number of likely N-dealkylation sites (tertiary alicyclic amines) is 1. The van der Waals surface area contributed by atoms with Gasteiger partial charge in [0.2, 0.25) is 11.8 Å². The molecule has 6 nitrogen and oxygen atoms in total. The Bertz CT molecular complexity index is 726. The van der Waals surface area contributed by atoms with Crippen LogP contribution >= 0.6 is 11.6 Å². The summed E-state index contributed by atoms with van der Waals surface area (Å²) >= 11 is 6.23. The molecule has 0 unspecified atom stereocenters.